The van der Waals surface area contributed by atoms with Crippen molar-refractivity contribution in [3.05, 3.63) is 35.7 Å². The molecule has 0 bridgehead atoms. The molecule has 2 fully saturated rings. The Hall–Kier alpha value is -2.74. The normalized spacial score (nSPS) is 22.3. The van der Waals surface area contributed by atoms with Gasteiger partial charge in [0.1, 0.15) is 5.82 Å². The van der Waals surface area contributed by atoms with E-state index in [9.17, 15) is 4.79 Å². The number of anilines is 3. The predicted molar refractivity (Wildman–Crippen MR) is 109 cm³/mol. The molecule has 0 spiro atoms. The Bertz CT molecular complexity index is 852. The quantitative estimate of drug-likeness (QED) is 0.605. The van der Waals surface area contributed by atoms with Gasteiger partial charge in [-0.3, -0.25) is 4.79 Å². The fourth-order valence-electron chi connectivity index (χ4n) is 3.86. The lowest BCUT2D eigenvalue weighted by Crippen LogP contribution is -2.42. The molecular formula is C20H27N7O. The van der Waals surface area contributed by atoms with Crippen LogP contribution in [-0.4, -0.2) is 33.2 Å². The highest BCUT2D eigenvalue weighted by Gasteiger charge is 2.23. The van der Waals surface area contributed by atoms with Crippen LogP contribution in [-0.2, 0) is 0 Å². The van der Waals surface area contributed by atoms with E-state index in [1.165, 1.54) is 19.3 Å². The van der Waals surface area contributed by atoms with Crippen LogP contribution in [0.4, 0.5) is 17.3 Å². The van der Waals surface area contributed by atoms with Crippen molar-refractivity contribution in [2.75, 3.05) is 10.6 Å². The summed E-state index contributed by atoms with van der Waals surface area (Å²) in [5, 5.41) is 14.7. The van der Waals surface area contributed by atoms with Gasteiger partial charge in [-0.1, -0.05) is 25.3 Å². The molecule has 8 nitrogen and oxygen atoms in total. The Kier molecular flexibility index (Phi) is 5.38. The molecule has 0 aliphatic heterocycles. The van der Waals surface area contributed by atoms with E-state index in [-0.39, 0.29) is 17.8 Å². The van der Waals surface area contributed by atoms with Gasteiger partial charge in [-0.25, -0.2) is 4.98 Å². The van der Waals surface area contributed by atoms with E-state index < -0.39 is 5.91 Å². The van der Waals surface area contributed by atoms with Crippen molar-refractivity contribution in [1.82, 2.24) is 15.2 Å². The van der Waals surface area contributed by atoms with Crippen LogP contribution in [0, 0.1) is 0 Å². The number of carbonyl (C=O) groups excluding carboxylic acids is 1. The summed E-state index contributed by atoms with van der Waals surface area (Å²) in [6.07, 6.45) is 7.89. The number of hydrogen-bond acceptors (Lipinski definition) is 7. The van der Waals surface area contributed by atoms with Gasteiger partial charge in [0.25, 0.3) is 5.91 Å². The number of aromatic nitrogens is 3. The molecule has 0 aromatic carbocycles. The van der Waals surface area contributed by atoms with Gasteiger partial charge in [-0.15, -0.1) is 10.2 Å². The van der Waals surface area contributed by atoms with E-state index in [0.29, 0.717) is 23.2 Å². The fourth-order valence-corrected chi connectivity index (χ4v) is 3.86. The third-order valence-electron chi connectivity index (χ3n) is 5.74. The highest BCUT2D eigenvalue weighted by atomic mass is 16.1. The van der Waals surface area contributed by atoms with Gasteiger partial charge in [-0.2, -0.15) is 0 Å². The first-order valence-electron chi connectivity index (χ1n) is 10.0. The molecule has 2 atom stereocenters. The van der Waals surface area contributed by atoms with Gasteiger partial charge in [-0.05, 0) is 37.8 Å². The number of amides is 1. The van der Waals surface area contributed by atoms with Gasteiger partial charge < -0.3 is 22.1 Å². The van der Waals surface area contributed by atoms with E-state index in [1.807, 2.05) is 18.2 Å². The molecular weight excluding hydrogens is 354 g/mol. The molecule has 2 aliphatic rings. The molecule has 2 saturated carbocycles. The Morgan fingerprint density at radius 2 is 1.86 bits per heavy atom. The Morgan fingerprint density at radius 1 is 1.04 bits per heavy atom. The standard InChI is InChI=1S/C20H27N7O/c21-13-7-1-2-8-15(13)24-18-11-16(19(20(22)28)27-26-18)25-17-10-4-9-14(23-17)12-5-3-6-12/h4,9-13,15H,1-3,5-8,21H2,(H2,22,28)(H2,23,24,25,26). The Labute approximate surface area is 164 Å². The second-order valence-electron chi connectivity index (χ2n) is 7.76. The van der Waals surface area contributed by atoms with Crippen LogP contribution in [0.1, 0.15) is 67.0 Å². The van der Waals surface area contributed by atoms with Crippen molar-refractivity contribution < 1.29 is 4.79 Å². The zero-order valence-corrected chi connectivity index (χ0v) is 15.9. The number of nitrogens with zero attached hydrogens (tertiary/aromatic N) is 3. The molecule has 4 rings (SSSR count). The van der Waals surface area contributed by atoms with E-state index in [2.05, 4.69) is 20.8 Å². The Morgan fingerprint density at radius 3 is 2.57 bits per heavy atom. The van der Waals surface area contributed by atoms with Crippen LogP contribution in [0.5, 0.6) is 0 Å². The van der Waals surface area contributed by atoms with Crippen molar-refractivity contribution in [2.24, 2.45) is 11.5 Å². The number of primary amides is 1. The zero-order valence-electron chi connectivity index (χ0n) is 15.9. The highest BCUT2D eigenvalue weighted by molar-refractivity contribution is 5.97. The lowest BCUT2D eigenvalue weighted by atomic mass is 9.83. The van der Waals surface area contributed by atoms with E-state index >= 15 is 0 Å². The van der Waals surface area contributed by atoms with Gasteiger partial charge >= 0.3 is 0 Å². The summed E-state index contributed by atoms with van der Waals surface area (Å²) in [5.74, 6) is 1.13. The monoisotopic (exact) mass is 381 g/mol. The molecule has 2 heterocycles. The minimum atomic E-state index is -0.633. The van der Waals surface area contributed by atoms with Crippen molar-refractivity contribution in [3.63, 3.8) is 0 Å². The van der Waals surface area contributed by atoms with E-state index in [0.717, 1.165) is 31.4 Å². The number of pyridine rings is 1. The molecule has 0 radical (unpaired) electrons. The van der Waals surface area contributed by atoms with Crippen LogP contribution in [0.2, 0.25) is 0 Å². The summed E-state index contributed by atoms with van der Waals surface area (Å²) >= 11 is 0. The minimum absolute atomic E-state index is 0.0867. The summed E-state index contributed by atoms with van der Waals surface area (Å²) in [5.41, 5.74) is 13.4. The van der Waals surface area contributed by atoms with Crippen molar-refractivity contribution in [1.29, 1.82) is 0 Å². The third kappa shape index (κ3) is 4.06. The SMILES string of the molecule is NC(=O)c1nnc(NC2CCCCC2N)cc1Nc1cccc(C2CCC2)n1. The summed E-state index contributed by atoms with van der Waals surface area (Å²) in [4.78, 5) is 16.5. The Balaban J connectivity index is 1.56. The summed E-state index contributed by atoms with van der Waals surface area (Å²) in [7, 11) is 0. The molecule has 0 saturated heterocycles. The molecule has 2 aromatic rings. The first-order valence-corrected chi connectivity index (χ1v) is 10.0. The topological polar surface area (TPSA) is 132 Å². The zero-order chi connectivity index (χ0) is 19.5. The summed E-state index contributed by atoms with van der Waals surface area (Å²) in [6.45, 7) is 0. The van der Waals surface area contributed by atoms with Gasteiger partial charge in [0.15, 0.2) is 11.5 Å². The van der Waals surface area contributed by atoms with Crippen LogP contribution in [0.3, 0.4) is 0 Å². The van der Waals surface area contributed by atoms with E-state index in [1.54, 1.807) is 6.07 Å². The fraction of sp³-hybridized carbons (Fsp3) is 0.500. The average molecular weight is 381 g/mol. The first kappa shape index (κ1) is 18.6. The molecule has 2 aromatic heterocycles. The summed E-state index contributed by atoms with van der Waals surface area (Å²) < 4.78 is 0. The lowest BCUT2D eigenvalue weighted by Gasteiger charge is -2.29. The second kappa shape index (κ2) is 8.10. The average Bonchev–Trinajstić information content (AvgIpc) is 2.62. The van der Waals surface area contributed by atoms with Crippen molar-refractivity contribution in [2.45, 2.75) is 62.9 Å². The van der Waals surface area contributed by atoms with Crippen LogP contribution >= 0.6 is 0 Å². The molecule has 148 valence electrons. The number of hydrogen-bond donors (Lipinski definition) is 4. The second-order valence-corrected chi connectivity index (χ2v) is 7.76. The van der Waals surface area contributed by atoms with Gasteiger partial charge in [0, 0.05) is 29.8 Å². The molecule has 6 N–H and O–H groups in total. The molecule has 8 heteroatoms. The maximum Gasteiger partial charge on any atom is 0.271 e. The van der Waals surface area contributed by atoms with Crippen molar-refractivity contribution in [3.8, 4) is 0 Å². The lowest BCUT2D eigenvalue weighted by molar-refractivity contribution is 0.0995. The van der Waals surface area contributed by atoms with Gasteiger partial charge in [0.05, 0.1) is 5.69 Å². The number of nitrogens with one attached hydrogen (secondary N) is 2. The van der Waals surface area contributed by atoms with Crippen LogP contribution < -0.4 is 22.1 Å². The number of nitrogens with two attached hydrogens (primary N) is 2. The molecule has 2 unspecified atom stereocenters. The van der Waals surface area contributed by atoms with Gasteiger partial charge in [0.2, 0.25) is 0 Å². The molecule has 28 heavy (non-hydrogen) atoms. The predicted octanol–water partition coefficient (Wildman–Crippen LogP) is 2.66. The molecule has 2 aliphatic carbocycles. The number of rotatable bonds is 6. The van der Waals surface area contributed by atoms with E-state index in [4.69, 9.17) is 16.5 Å². The smallest absolute Gasteiger partial charge is 0.271 e. The first-order chi connectivity index (χ1) is 13.6. The highest BCUT2D eigenvalue weighted by Crippen LogP contribution is 2.35. The third-order valence-corrected chi connectivity index (χ3v) is 5.74. The van der Waals surface area contributed by atoms with Crippen molar-refractivity contribution >= 4 is 23.2 Å². The minimum Gasteiger partial charge on any atom is -0.364 e. The maximum atomic E-state index is 11.8. The molecule has 1 amide bonds. The van der Waals surface area contributed by atoms with Crippen LogP contribution in [0.25, 0.3) is 0 Å². The largest absolute Gasteiger partial charge is 0.364 e. The number of carbonyl (C=O) groups is 1. The van der Waals surface area contributed by atoms with Crippen LogP contribution in [0.15, 0.2) is 24.3 Å². The maximum absolute atomic E-state index is 11.8. The summed E-state index contributed by atoms with van der Waals surface area (Å²) in [6, 6.07) is 7.89.